The number of alkyl halides is 6. The van der Waals surface area contributed by atoms with Crippen molar-refractivity contribution in [1.82, 2.24) is 9.80 Å². The summed E-state index contributed by atoms with van der Waals surface area (Å²) in [7, 11) is 0. The van der Waals surface area contributed by atoms with Gasteiger partial charge in [-0.3, -0.25) is 9.69 Å². The van der Waals surface area contributed by atoms with E-state index in [0.717, 1.165) is 17.7 Å². The summed E-state index contributed by atoms with van der Waals surface area (Å²) in [5.74, 6) is -0.499. The van der Waals surface area contributed by atoms with Crippen molar-refractivity contribution in [2.75, 3.05) is 32.8 Å². The van der Waals surface area contributed by atoms with Gasteiger partial charge in [-0.2, -0.15) is 26.3 Å². The summed E-state index contributed by atoms with van der Waals surface area (Å²) >= 11 is 0. The first-order chi connectivity index (χ1) is 13.0. The van der Waals surface area contributed by atoms with Gasteiger partial charge in [0.05, 0.1) is 5.56 Å². The first-order valence-corrected chi connectivity index (χ1v) is 8.81. The fourth-order valence-electron chi connectivity index (χ4n) is 2.95. The molecule has 0 bridgehead atoms. The maximum atomic E-state index is 12.6. The number of halogens is 6. The summed E-state index contributed by atoms with van der Waals surface area (Å²) in [5.41, 5.74) is 0.00591. The first-order valence-electron chi connectivity index (χ1n) is 8.81. The lowest BCUT2D eigenvalue weighted by Crippen LogP contribution is -2.42. The molecule has 28 heavy (non-hydrogen) atoms. The summed E-state index contributed by atoms with van der Waals surface area (Å²) in [4.78, 5) is 15.7. The van der Waals surface area contributed by atoms with Gasteiger partial charge in [0.2, 0.25) is 0 Å². The van der Waals surface area contributed by atoms with Crippen LogP contribution in [0.4, 0.5) is 26.3 Å². The van der Waals surface area contributed by atoms with Gasteiger partial charge in [-0.25, -0.2) is 0 Å². The van der Waals surface area contributed by atoms with Gasteiger partial charge in [0.15, 0.2) is 0 Å². The Labute approximate surface area is 159 Å². The van der Waals surface area contributed by atoms with Gasteiger partial charge in [0.1, 0.15) is 12.7 Å². The molecule has 0 N–H and O–H groups in total. The monoisotopic (exact) mass is 412 g/mol. The molecule has 1 aliphatic heterocycles. The molecule has 0 aromatic heterocycles. The first kappa shape index (κ1) is 22.5. The number of ether oxygens (including phenoxy) is 1. The van der Waals surface area contributed by atoms with Crippen LogP contribution in [0.2, 0.25) is 0 Å². The van der Waals surface area contributed by atoms with Crippen LogP contribution >= 0.6 is 0 Å². The molecule has 4 nitrogen and oxygen atoms in total. The Morgan fingerprint density at radius 3 is 2.25 bits per heavy atom. The van der Waals surface area contributed by atoms with E-state index in [0.29, 0.717) is 39.1 Å². The summed E-state index contributed by atoms with van der Waals surface area (Å²) in [5, 5.41) is 0. The van der Waals surface area contributed by atoms with E-state index in [-0.39, 0.29) is 0 Å². The largest absolute Gasteiger partial charge is 0.416 e. The lowest BCUT2D eigenvalue weighted by atomic mass is 10.1. The Morgan fingerprint density at radius 2 is 1.68 bits per heavy atom. The van der Waals surface area contributed by atoms with Crippen molar-refractivity contribution >= 4 is 5.91 Å². The van der Waals surface area contributed by atoms with E-state index in [4.69, 9.17) is 0 Å². The smallest absolute Gasteiger partial charge is 0.359 e. The molecule has 1 aromatic carbocycles. The zero-order valence-corrected chi connectivity index (χ0v) is 15.3. The van der Waals surface area contributed by atoms with E-state index >= 15 is 0 Å². The molecule has 1 amide bonds. The minimum absolute atomic E-state index is 0.319. The molecular weight excluding hydrogens is 390 g/mol. The second-order valence-electron chi connectivity index (χ2n) is 6.72. The molecule has 1 heterocycles. The Kier molecular flexibility index (Phi) is 7.33. The maximum Gasteiger partial charge on any atom is 0.416 e. The second kappa shape index (κ2) is 9.13. The molecule has 0 radical (unpaired) electrons. The zero-order valence-electron chi connectivity index (χ0n) is 15.3. The summed E-state index contributed by atoms with van der Waals surface area (Å²) in [6.07, 6.45) is -9.46. The Bertz CT molecular complexity index is 645. The molecule has 2 rings (SSSR count). The highest BCUT2D eigenvalue weighted by atomic mass is 19.4. The number of hydrogen-bond donors (Lipinski definition) is 0. The number of carbonyl (C=O) groups excluding carboxylic acids is 1. The Hall–Kier alpha value is -1.81. The van der Waals surface area contributed by atoms with Gasteiger partial charge in [-0.1, -0.05) is 12.1 Å². The summed E-state index contributed by atoms with van der Waals surface area (Å²) < 4.78 is 79.1. The van der Waals surface area contributed by atoms with Gasteiger partial charge >= 0.3 is 12.4 Å². The van der Waals surface area contributed by atoms with Gasteiger partial charge < -0.3 is 9.64 Å². The minimum Gasteiger partial charge on any atom is -0.359 e. The lowest BCUT2D eigenvalue weighted by Gasteiger charge is -2.25. The van der Waals surface area contributed by atoms with E-state index < -0.39 is 36.5 Å². The molecule has 1 fully saturated rings. The van der Waals surface area contributed by atoms with Crippen LogP contribution in [0.15, 0.2) is 24.3 Å². The molecule has 158 valence electrons. The molecule has 0 saturated carbocycles. The maximum absolute atomic E-state index is 12.6. The molecule has 1 atom stereocenters. The second-order valence-corrected chi connectivity index (χ2v) is 6.72. The van der Waals surface area contributed by atoms with Gasteiger partial charge in [0.25, 0.3) is 5.91 Å². The third-order valence-corrected chi connectivity index (χ3v) is 4.43. The molecule has 1 aromatic rings. The van der Waals surface area contributed by atoms with Gasteiger partial charge in [-0.05, 0) is 31.0 Å². The van der Waals surface area contributed by atoms with Gasteiger partial charge in [0, 0.05) is 32.7 Å². The topological polar surface area (TPSA) is 32.8 Å². The van der Waals surface area contributed by atoms with Crippen molar-refractivity contribution in [2.24, 2.45) is 0 Å². The number of rotatable bonds is 5. The quantitative estimate of drug-likeness (QED) is 0.692. The average Bonchev–Trinajstić information content (AvgIpc) is 2.83. The van der Waals surface area contributed by atoms with Crippen molar-refractivity contribution in [3.63, 3.8) is 0 Å². The van der Waals surface area contributed by atoms with Crippen molar-refractivity contribution in [2.45, 2.75) is 38.3 Å². The van der Waals surface area contributed by atoms with E-state index in [1.54, 1.807) is 0 Å². The van der Waals surface area contributed by atoms with Crippen molar-refractivity contribution < 1.29 is 35.9 Å². The van der Waals surface area contributed by atoms with Crippen LogP contribution in [0.3, 0.4) is 0 Å². The standard InChI is InChI=1S/C18H22F6N2O2/c1-13(28-12-17(19,20)21)16(27)26-8-2-7-25(9-10-26)11-14-3-5-15(6-4-14)18(22,23)24/h3-6,13H,2,7-12H2,1H3. The molecule has 1 aliphatic rings. The third kappa shape index (κ3) is 6.97. The van der Waals surface area contributed by atoms with E-state index in [9.17, 15) is 31.1 Å². The highest BCUT2D eigenvalue weighted by molar-refractivity contribution is 5.80. The third-order valence-electron chi connectivity index (χ3n) is 4.43. The predicted molar refractivity (Wildman–Crippen MR) is 89.4 cm³/mol. The number of nitrogens with zero attached hydrogens (tertiary/aromatic N) is 2. The highest BCUT2D eigenvalue weighted by Gasteiger charge is 2.32. The molecule has 1 unspecified atom stereocenters. The highest BCUT2D eigenvalue weighted by Crippen LogP contribution is 2.29. The van der Waals surface area contributed by atoms with E-state index in [1.165, 1.54) is 24.0 Å². The van der Waals surface area contributed by atoms with Crippen molar-refractivity contribution in [1.29, 1.82) is 0 Å². The molecule has 0 aliphatic carbocycles. The average molecular weight is 412 g/mol. The predicted octanol–water partition coefficient (Wildman–Crippen LogP) is 3.71. The van der Waals surface area contributed by atoms with E-state index in [1.807, 2.05) is 4.90 Å². The summed E-state index contributed by atoms with van der Waals surface area (Å²) in [6, 6.07) is 4.90. The van der Waals surface area contributed by atoms with Crippen LogP contribution in [-0.2, 0) is 22.3 Å². The normalized spacial score (nSPS) is 18.0. The molecular formula is C18H22F6N2O2. The van der Waals surface area contributed by atoms with Crippen LogP contribution < -0.4 is 0 Å². The van der Waals surface area contributed by atoms with Crippen molar-refractivity contribution in [3.05, 3.63) is 35.4 Å². The molecule has 0 spiro atoms. The SMILES string of the molecule is CC(OCC(F)(F)F)C(=O)N1CCCN(Cc2ccc(C(F)(F)F)cc2)CC1. The number of carbonyl (C=O) groups is 1. The van der Waals surface area contributed by atoms with Crippen LogP contribution in [0, 0.1) is 0 Å². The summed E-state index contributed by atoms with van der Waals surface area (Å²) in [6.45, 7) is 2.05. The fraction of sp³-hybridized carbons (Fsp3) is 0.611. The number of hydrogen-bond acceptors (Lipinski definition) is 3. The van der Waals surface area contributed by atoms with Crippen LogP contribution in [-0.4, -0.2) is 60.8 Å². The minimum atomic E-state index is -4.49. The zero-order chi connectivity index (χ0) is 20.9. The van der Waals surface area contributed by atoms with Crippen LogP contribution in [0.5, 0.6) is 0 Å². The van der Waals surface area contributed by atoms with Gasteiger partial charge in [-0.15, -0.1) is 0 Å². The number of amides is 1. The van der Waals surface area contributed by atoms with Crippen LogP contribution in [0.1, 0.15) is 24.5 Å². The lowest BCUT2D eigenvalue weighted by molar-refractivity contribution is -0.188. The molecule has 10 heteroatoms. The Balaban J connectivity index is 1.86. The fourth-order valence-corrected chi connectivity index (χ4v) is 2.95. The van der Waals surface area contributed by atoms with E-state index in [2.05, 4.69) is 4.74 Å². The van der Waals surface area contributed by atoms with Crippen molar-refractivity contribution in [3.8, 4) is 0 Å². The molecule has 1 saturated heterocycles. The number of benzene rings is 1. The Morgan fingerprint density at radius 1 is 1.04 bits per heavy atom. The van der Waals surface area contributed by atoms with Crippen LogP contribution in [0.25, 0.3) is 0 Å².